The molecule has 1 N–H and O–H groups in total. The van der Waals surface area contributed by atoms with E-state index in [0.29, 0.717) is 12.1 Å². The van der Waals surface area contributed by atoms with Crippen molar-refractivity contribution in [1.29, 1.82) is 0 Å². The van der Waals surface area contributed by atoms with Gasteiger partial charge in [-0.15, -0.1) is 0 Å². The van der Waals surface area contributed by atoms with E-state index >= 15 is 0 Å². The first-order valence-electron chi connectivity index (χ1n) is 8.22. The van der Waals surface area contributed by atoms with Crippen molar-refractivity contribution in [2.24, 2.45) is 0 Å². The molecule has 0 bridgehead atoms. The van der Waals surface area contributed by atoms with Crippen LogP contribution in [0.15, 0.2) is 42.6 Å². The van der Waals surface area contributed by atoms with Gasteiger partial charge in [-0.1, -0.05) is 24.3 Å². The van der Waals surface area contributed by atoms with Gasteiger partial charge in [0.1, 0.15) is 0 Å². The highest BCUT2D eigenvalue weighted by Gasteiger charge is 2.11. The van der Waals surface area contributed by atoms with E-state index in [4.69, 9.17) is 0 Å². The van der Waals surface area contributed by atoms with Crippen molar-refractivity contribution in [3.8, 4) is 0 Å². The van der Waals surface area contributed by atoms with Crippen molar-refractivity contribution in [2.45, 2.75) is 32.9 Å². The number of benzene rings is 1. The molecule has 0 radical (unpaired) electrons. The Morgan fingerprint density at radius 1 is 1.09 bits per heavy atom. The maximum absolute atomic E-state index is 12.1. The van der Waals surface area contributed by atoms with E-state index in [0.717, 1.165) is 17.8 Å². The van der Waals surface area contributed by atoms with E-state index in [1.165, 1.54) is 31.5 Å². The molecule has 1 aliphatic rings. The SMILES string of the molecule is Cc1ccc(C(=O)NCc2ccc(CN3CCCC3)cc2)cn1. The summed E-state index contributed by atoms with van der Waals surface area (Å²) >= 11 is 0. The van der Waals surface area contributed by atoms with E-state index in [9.17, 15) is 4.79 Å². The molecule has 23 heavy (non-hydrogen) atoms. The molecule has 1 aromatic heterocycles. The Labute approximate surface area is 137 Å². The van der Waals surface area contributed by atoms with E-state index in [2.05, 4.69) is 39.5 Å². The van der Waals surface area contributed by atoms with Crippen LogP contribution in [0.2, 0.25) is 0 Å². The van der Waals surface area contributed by atoms with Crippen molar-refractivity contribution in [2.75, 3.05) is 13.1 Å². The summed E-state index contributed by atoms with van der Waals surface area (Å²) in [7, 11) is 0. The Kier molecular flexibility index (Phi) is 5.03. The third kappa shape index (κ3) is 4.39. The number of nitrogens with zero attached hydrogens (tertiary/aromatic N) is 2. The van der Waals surface area contributed by atoms with Gasteiger partial charge in [0, 0.05) is 25.0 Å². The lowest BCUT2D eigenvalue weighted by Crippen LogP contribution is -2.23. The predicted octanol–water partition coefficient (Wildman–Crippen LogP) is 2.92. The van der Waals surface area contributed by atoms with Gasteiger partial charge in [-0.25, -0.2) is 0 Å². The van der Waals surface area contributed by atoms with E-state index in [-0.39, 0.29) is 5.91 Å². The molecular formula is C19H23N3O. The lowest BCUT2D eigenvalue weighted by Gasteiger charge is -2.14. The lowest BCUT2D eigenvalue weighted by atomic mass is 10.1. The van der Waals surface area contributed by atoms with Crippen LogP contribution in [-0.4, -0.2) is 28.9 Å². The summed E-state index contributed by atoms with van der Waals surface area (Å²) in [6.07, 6.45) is 4.25. The average Bonchev–Trinajstić information content (AvgIpc) is 3.07. The predicted molar refractivity (Wildman–Crippen MR) is 91.1 cm³/mol. The number of pyridine rings is 1. The summed E-state index contributed by atoms with van der Waals surface area (Å²) in [5, 5.41) is 2.94. The largest absolute Gasteiger partial charge is 0.348 e. The summed E-state index contributed by atoms with van der Waals surface area (Å²) in [6.45, 7) is 5.90. The first-order chi connectivity index (χ1) is 11.2. The summed E-state index contributed by atoms with van der Waals surface area (Å²) in [5.74, 6) is -0.0846. The second-order valence-electron chi connectivity index (χ2n) is 6.17. The molecule has 4 heteroatoms. The zero-order chi connectivity index (χ0) is 16.1. The van der Waals surface area contributed by atoms with Crippen molar-refractivity contribution in [3.63, 3.8) is 0 Å². The monoisotopic (exact) mass is 309 g/mol. The first-order valence-corrected chi connectivity index (χ1v) is 8.22. The van der Waals surface area contributed by atoms with E-state index in [1.807, 2.05) is 13.0 Å². The third-order valence-electron chi connectivity index (χ3n) is 4.25. The van der Waals surface area contributed by atoms with Crippen LogP contribution in [0.3, 0.4) is 0 Å². The fraction of sp³-hybridized carbons (Fsp3) is 0.368. The second kappa shape index (κ2) is 7.38. The minimum atomic E-state index is -0.0846. The van der Waals surface area contributed by atoms with Crippen molar-refractivity contribution in [1.82, 2.24) is 15.2 Å². The smallest absolute Gasteiger partial charge is 0.253 e. The Balaban J connectivity index is 1.51. The summed E-state index contributed by atoms with van der Waals surface area (Å²) < 4.78 is 0. The quantitative estimate of drug-likeness (QED) is 0.923. The Morgan fingerprint density at radius 2 is 1.78 bits per heavy atom. The highest BCUT2D eigenvalue weighted by atomic mass is 16.1. The van der Waals surface area contributed by atoms with Crippen molar-refractivity contribution < 1.29 is 4.79 Å². The molecule has 1 saturated heterocycles. The van der Waals surface area contributed by atoms with Crippen molar-refractivity contribution in [3.05, 3.63) is 65.0 Å². The van der Waals surface area contributed by atoms with Crippen LogP contribution in [0.5, 0.6) is 0 Å². The molecule has 2 heterocycles. The van der Waals surface area contributed by atoms with Crippen LogP contribution in [0.1, 0.15) is 40.0 Å². The average molecular weight is 309 g/mol. The molecule has 0 spiro atoms. The molecule has 0 aliphatic carbocycles. The molecular weight excluding hydrogens is 286 g/mol. The molecule has 120 valence electrons. The molecule has 1 fully saturated rings. The number of hydrogen-bond donors (Lipinski definition) is 1. The molecule has 0 unspecified atom stereocenters. The highest BCUT2D eigenvalue weighted by Crippen LogP contribution is 2.13. The Morgan fingerprint density at radius 3 is 2.43 bits per heavy atom. The molecule has 1 aliphatic heterocycles. The number of amides is 1. The number of carbonyl (C=O) groups is 1. The molecule has 2 aromatic rings. The van der Waals surface area contributed by atoms with Gasteiger partial charge in [0.25, 0.3) is 5.91 Å². The van der Waals surface area contributed by atoms with E-state index < -0.39 is 0 Å². The number of aromatic nitrogens is 1. The topological polar surface area (TPSA) is 45.2 Å². The van der Waals surface area contributed by atoms with Crippen LogP contribution in [-0.2, 0) is 13.1 Å². The minimum absolute atomic E-state index is 0.0846. The third-order valence-corrected chi connectivity index (χ3v) is 4.25. The molecule has 0 saturated carbocycles. The van der Waals surface area contributed by atoms with E-state index in [1.54, 1.807) is 12.3 Å². The zero-order valence-electron chi connectivity index (χ0n) is 13.6. The molecule has 3 rings (SSSR count). The minimum Gasteiger partial charge on any atom is -0.348 e. The number of nitrogens with one attached hydrogen (secondary N) is 1. The molecule has 4 nitrogen and oxygen atoms in total. The van der Waals surface area contributed by atoms with Gasteiger partial charge in [0.05, 0.1) is 5.56 Å². The second-order valence-corrected chi connectivity index (χ2v) is 6.17. The van der Waals surface area contributed by atoms with Gasteiger partial charge in [-0.2, -0.15) is 0 Å². The van der Waals surface area contributed by atoms with Gasteiger partial charge >= 0.3 is 0 Å². The lowest BCUT2D eigenvalue weighted by molar-refractivity contribution is 0.0950. The number of carbonyl (C=O) groups excluding carboxylic acids is 1. The van der Waals surface area contributed by atoms with Gasteiger partial charge in [0.2, 0.25) is 0 Å². The molecule has 1 aromatic carbocycles. The maximum atomic E-state index is 12.1. The zero-order valence-corrected chi connectivity index (χ0v) is 13.6. The highest BCUT2D eigenvalue weighted by molar-refractivity contribution is 5.93. The van der Waals surface area contributed by atoms with Crippen LogP contribution < -0.4 is 5.32 Å². The van der Waals surface area contributed by atoms with Crippen LogP contribution >= 0.6 is 0 Å². The number of likely N-dealkylation sites (tertiary alicyclic amines) is 1. The molecule has 0 atom stereocenters. The van der Waals surface area contributed by atoms with Gasteiger partial charge < -0.3 is 5.32 Å². The Hall–Kier alpha value is -2.20. The van der Waals surface area contributed by atoms with Crippen molar-refractivity contribution >= 4 is 5.91 Å². The Bertz CT molecular complexity index is 643. The molecule has 1 amide bonds. The number of rotatable bonds is 5. The van der Waals surface area contributed by atoms with Crippen LogP contribution in [0, 0.1) is 6.92 Å². The summed E-state index contributed by atoms with van der Waals surface area (Å²) in [4.78, 5) is 18.7. The number of hydrogen-bond acceptors (Lipinski definition) is 3. The first kappa shape index (κ1) is 15.7. The van der Waals surface area contributed by atoms with Gasteiger partial charge in [0.15, 0.2) is 0 Å². The summed E-state index contributed by atoms with van der Waals surface area (Å²) in [6, 6.07) is 12.2. The van der Waals surface area contributed by atoms with Gasteiger partial charge in [-0.3, -0.25) is 14.7 Å². The van der Waals surface area contributed by atoms with Gasteiger partial charge in [-0.05, 0) is 56.1 Å². The fourth-order valence-electron chi connectivity index (χ4n) is 2.85. The number of aryl methyl sites for hydroxylation is 1. The normalized spacial score (nSPS) is 14.8. The van der Waals surface area contributed by atoms with Crippen LogP contribution in [0.25, 0.3) is 0 Å². The standard InChI is InChI=1S/C19H23N3O/c1-15-4-9-18(13-20-15)19(23)21-12-16-5-7-17(8-6-16)14-22-10-2-3-11-22/h4-9,13H,2-3,10-12,14H2,1H3,(H,21,23). The van der Waals surface area contributed by atoms with Crippen LogP contribution in [0.4, 0.5) is 0 Å². The summed E-state index contributed by atoms with van der Waals surface area (Å²) in [5.41, 5.74) is 3.96. The maximum Gasteiger partial charge on any atom is 0.253 e. The fourth-order valence-corrected chi connectivity index (χ4v) is 2.85.